The number of aryl methyl sites for hydroxylation is 2. The second-order valence-corrected chi connectivity index (χ2v) is 5.71. The van der Waals surface area contributed by atoms with Gasteiger partial charge in [0.05, 0.1) is 23.5 Å². The van der Waals surface area contributed by atoms with Crippen LogP contribution < -0.4 is 10.2 Å². The molecule has 0 unspecified atom stereocenters. The Balaban J connectivity index is 2.05. The number of aromatic nitrogens is 1. The lowest BCUT2D eigenvalue weighted by atomic mass is 10.2. The molecule has 1 aromatic heterocycles. The summed E-state index contributed by atoms with van der Waals surface area (Å²) in [6.45, 7) is 5.93. The molecule has 22 heavy (non-hydrogen) atoms. The van der Waals surface area contributed by atoms with E-state index in [1.54, 1.807) is 19.1 Å². The number of nitrogens with one attached hydrogen (secondary N) is 1. The highest BCUT2D eigenvalue weighted by Gasteiger charge is 2.12. The third kappa shape index (κ3) is 3.82. The molecule has 6 nitrogen and oxygen atoms in total. The van der Waals surface area contributed by atoms with E-state index in [-0.39, 0.29) is 11.7 Å². The summed E-state index contributed by atoms with van der Waals surface area (Å²) in [5, 5.41) is 14.4. The topological polar surface area (TPSA) is 83.8 Å². The Labute approximate surface area is 132 Å². The minimum atomic E-state index is -0.289. The first-order valence-electron chi connectivity index (χ1n) is 6.74. The van der Waals surface area contributed by atoms with Crippen LogP contribution in [0.5, 0.6) is 11.5 Å². The van der Waals surface area contributed by atoms with Crippen molar-refractivity contribution in [3.63, 3.8) is 0 Å². The number of hydrogen-bond donors (Lipinski definition) is 2. The third-order valence-corrected chi connectivity index (χ3v) is 3.84. The van der Waals surface area contributed by atoms with E-state index in [2.05, 4.69) is 15.5 Å². The highest BCUT2D eigenvalue weighted by molar-refractivity contribution is 7.13. The largest absolute Gasteiger partial charge is 0.504 e. The number of hydrogen-bond acceptors (Lipinski definition) is 6. The Hall–Kier alpha value is -2.41. The van der Waals surface area contributed by atoms with Crippen LogP contribution in [0, 0.1) is 13.8 Å². The monoisotopic (exact) mass is 319 g/mol. The summed E-state index contributed by atoms with van der Waals surface area (Å²) in [5.74, 6) is 0.161. The quantitative estimate of drug-likeness (QED) is 0.655. The lowest BCUT2D eigenvalue weighted by Crippen LogP contribution is -2.17. The van der Waals surface area contributed by atoms with Gasteiger partial charge >= 0.3 is 0 Å². The van der Waals surface area contributed by atoms with Gasteiger partial charge in [-0.25, -0.2) is 10.4 Å². The molecule has 2 aromatic rings. The number of benzene rings is 1. The van der Waals surface area contributed by atoms with Gasteiger partial charge in [0.2, 0.25) is 0 Å². The van der Waals surface area contributed by atoms with E-state index in [0.29, 0.717) is 28.5 Å². The molecule has 0 spiro atoms. The highest BCUT2D eigenvalue weighted by Crippen LogP contribution is 2.26. The van der Waals surface area contributed by atoms with Crippen LogP contribution in [0.15, 0.2) is 23.3 Å². The molecule has 0 bridgehead atoms. The smallest absolute Gasteiger partial charge is 0.283 e. The molecule has 2 N–H and O–H groups in total. The van der Waals surface area contributed by atoms with Gasteiger partial charge in [-0.2, -0.15) is 5.10 Å². The van der Waals surface area contributed by atoms with Crippen molar-refractivity contribution in [3.8, 4) is 11.5 Å². The highest BCUT2D eigenvalue weighted by atomic mass is 32.1. The maximum Gasteiger partial charge on any atom is 0.283 e. The van der Waals surface area contributed by atoms with Crippen LogP contribution in [0.1, 0.15) is 32.9 Å². The number of amides is 1. The second kappa shape index (κ2) is 7.04. The van der Waals surface area contributed by atoms with Crippen LogP contribution in [-0.2, 0) is 0 Å². The minimum absolute atomic E-state index is 0.0683. The molecule has 0 aliphatic heterocycles. The number of rotatable bonds is 5. The van der Waals surface area contributed by atoms with Crippen LogP contribution in [0.25, 0.3) is 0 Å². The van der Waals surface area contributed by atoms with E-state index in [1.807, 2.05) is 13.8 Å². The lowest BCUT2D eigenvalue weighted by molar-refractivity contribution is 0.0958. The number of thiazole rings is 1. The summed E-state index contributed by atoms with van der Waals surface area (Å²) in [4.78, 5) is 16.7. The average Bonchev–Trinajstić information content (AvgIpc) is 2.81. The zero-order chi connectivity index (χ0) is 16.1. The average molecular weight is 319 g/mol. The van der Waals surface area contributed by atoms with E-state index in [4.69, 9.17) is 4.74 Å². The molecule has 116 valence electrons. The molecular weight excluding hydrogens is 302 g/mol. The van der Waals surface area contributed by atoms with Gasteiger partial charge < -0.3 is 9.84 Å². The molecule has 1 aromatic carbocycles. The number of ether oxygens (including phenoxy) is 1. The fraction of sp³-hybridized carbons (Fsp3) is 0.267. The first-order valence-corrected chi connectivity index (χ1v) is 7.56. The van der Waals surface area contributed by atoms with E-state index in [0.717, 1.165) is 5.01 Å². The fourth-order valence-electron chi connectivity index (χ4n) is 1.84. The summed E-state index contributed by atoms with van der Waals surface area (Å²) < 4.78 is 5.29. The van der Waals surface area contributed by atoms with Crippen LogP contribution in [-0.4, -0.2) is 28.8 Å². The Bertz CT molecular complexity index is 710. The van der Waals surface area contributed by atoms with Crippen molar-refractivity contribution in [2.24, 2.45) is 5.10 Å². The predicted molar refractivity (Wildman–Crippen MR) is 85.9 cm³/mol. The molecule has 0 fully saturated rings. The summed E-state index contributed by atoms with van der Waals surface area (Å²) in [5.41, 5.74) is 3.87. The van der Waals surface area contributed by atoms with Crippen molar-refractivity contribution in [2.45, 2.75) is 20.8 Å². The van der Waals surface area contributed by atoms with Crippen LogP contribution in [0.2, 0.25) is 0 Å². The van der Waals surface area contributed by atoms with Crippen LogP contribution in [0.3, 0.4) is 0 Å². The zero-order valence-electron chi connectivity index (χ0n) is 12.6. The van der Waals surface area contributed by atoms with Gasteiger partial charge in [-0.1, -0.05) is 0 Å². The molecule has 7 heteroatoms. The van der Waals surface area contributed by atoms with Gasteiger partial charge in [0.15, 0.2) is 11.5 Å². The van der Waals surface area contributed by atoms with Gasteiger partial charge in [-0.3, -0.25) is 4.79 Å². The van der Waals surface area contributed by atoms with E-state index in [9.17, 15) is 9.90 Å². The number of phenolic OH excluding ortho intramolecular Hbond substituents is 1. The number of carbonyl (C=O) groups is 1. The lowest BCUT2D eigenvalue weighted by Gasteiger charge is -2.05. The number of carbonyl (C=O) groups excluding carboxylic acids is 1. The molecule has 0 atom stereocenters. The predicted octanol–water partition coefficient (Wildman–Crippen LogP) is 2.63. The molecule has 0 aliphatic carbocycles. The summed E-state index contributed by atoms with van der Waals surface area (Å²) in [6, 6.07) is 4.84. The van der Waals surface area contributed by atoms with E-state index in [1.165, 1.54) is 23.6 Å². The Morgan fingerprint density at radius 3 is 2.91 bits per heavy atom. The Kier molecular flexibility index (Phi) is 5.11. The Morgan fingerprint density at radius 2 is 2.27 bits per heavy atom. The fourth-order valence-corrected chi connectivity index (χ4v) is 2.65. The Morgan fingerprint density at radius 1 is 1.50 bits per heavy atom. The van der Waals surface area contributed by atoms with E-state index >= 15 is 0 Å². The van der Waals surface area contributed by atoms with Crippen LogP contribution >= 0.6 is 11.3 Å². The molecular formula is C15H17N3O3S. The van der Waals surface area contributed by atoms with Gasteiger partial charge in [0.1, 0.15) is 4.88 Å². The number of aromatic hydroxyl groups is 1. The molecule has 1 heterocycles. The maximum atomic E-state index is 12.0. The third-order valence-electron chi connectivity index (χ3n) is 2.77. The van der Waals surface area contributed by atoms with E-state index < -0.39 is 0 Å². The number of nitrogens with zero attached hydrogens (tertiary/aromatic N) is 2. The van der Waals surface area contributed by atoms with Crippen LogP contribution in [0.4, 0.5) is 0 Å². The standard InChI is InChI=1S/C15H17N3O3S/c1-4-21-13-7-11(5-6-12(13)19)8-16-18-15(20)14-9(2)17-10(3)22-14/h5-8,19H,4H2,1-3H3,(H,18,20)/b16-8+. The molecule has 0 aliphatic rings. The van der Waals surface area contributed by atoms with Crippen molar-refractivity contribution >= 4 is 23.5 Å². The first kappa shape index (κ1) is 16.0. The molecule has 2 rings (SSSR count). The normalized spacial score (nSPS) is 10.9. The van der Waals surface area contributed by atoms with Gasteiger partial charge in [0.25, 0.3) is 5.91 Å². The van der Waals surface area contributed by atoms with Gasteiger partial charge in [-0.15, -0.1) is 11.3 Å². The van der Waals surface area contributed by atoms with Crippen molar-refractivity contribution in [1.82, 2.24) is 10.4 Å². The summed E-state index contributed by atoms with van der Waals surface area (Å²) in [7, 11) is 0. The van der Waals surface area contributed by atoms with Crippen molar-refractivity contribution in [3.05, 3.63) is 39.3 Å². The molecule has 0 saturated carbocycles. The van der Waals surface area contributed by atoms with Crippen molar-refractivity contribution in [1.29, 1.82) is 0 Å². The summed E-state index contributed by atoms with van der Waals surface area (Å²) >= 11 is 1.33. The summed E-state index contributed by atoms with van der Waals surface area (Å²) in [6.07, 6.45) is 1.49. The zero-order valence-corrected chi connectivity index (χ0v) is 13.4. The van der Waals surface area contributed by atoms with Gasteiger partial charge in [-0.05, 0) is 44.5 Å². The van der Waals surface area contributed by atoms with Crippen molar-refractivity contribution in [2.75, 3.05) is 6.61 Å². The molecule has 0 radical (unpaired) electrons. The first-order chi connectivity index (χ1) is 10.5. The van der Waals surface area contributed by atoms with Crippen molar-refractivity contribution < 1.29 is 14.6 Å². The number of hydrazone groups is 1. The molecule has 0 saturated heterocycles. The maximum absolute atomic E-state index is 12.0. The minimum Gasteiger partial charge on any atom is -0.504 e. The molecule has 1 amide bonds. The SMILES string of the molecule is CCOc1cc(/C=N/NC(=O)c2sc(C)nc2C)ccc1O. The number of phenols is 1. The second-order valence-electron chi connectivity index (χ2n) is 4.51. The van der Waals surface area contributed by atoms with Gasteiger partial charge in [0, 0.05) is 0 Å².